The number of alkyl halides is 2. The molecule has 2 N–H and O–H groups in total. The van der Waals surface area contributed by atoms with Crippen LogP contribution in [0.25, 0.3) is 0 Å². The van der Waals surface area contributed by atoms with Crippen molar-refractivity contribution >= 4 is 11.8 Å². The van der Waals surface area contributed by atoms with Crippen molar-refractivity contribution in [2.24, 2.45) is 5.73 Å². The maximum absolute atomic E-state index is 12.8. The van der Waals surface area contributed by atoms with Gasteiger partial charge in [-0.3, -0.25) is 0 Å². The van der Waals surface area contributed by atoms with Crippen LogP contribution in [0.4, 0.5) is 8.78 Å². The molecule has 0 amide bonds. The van der Waals surface area contributed by atoms with Crippen LogP contribution in [0.15, 0.2) is 29.2 Å². The number of halogens is 2. The fourth-order valence-electron chi connectivity index (χ4n) is 2.01. The Balaban J connectivity index is 2.23. The first kappa shape index (κ1) is 10.9. The second-order valence-electron chi connectivity index (χ2n) is 4.10. The van der Waals surface area contributed by atoms with E-state index >= 15 is 0 Å². The first-order valence-electron chi connectivity index (χ1n) is 4.76. The van der Waals surface area contributed by atoms with E-state index in [0.717, 1.165) is 10.5 Å². The van der Waals surface area contributed by atoms with Gasteiger partial charge in [-0.15, -0.1) is 11.8 Å². The molecule has 1 aliphatic rings. The van der Waals surface area contributed by atoms with Crippen LogP contribution in [-0.2, 0) is 5.54 Å². The summed E-state index contributed by atoms with van der Waals surface area (Å²) in [6.45, 7) is 0. The highest BCUT2D eigenvalue weighted by atomic mass is 32.2. The van der Waals surface area contributed by atoms with Crippen LogP contribution in [-0.4, -0.2) is 12.2 Å². The molecule has 0 radical (unpaired) electrons. The molecule has 15 heavy (non-hydrogen) atoms. The maximum Gasteiger partial charge on any atom is 0.252 e. The van der Waals surface area contributed by atoms with Gasteiger partial charge in [0.05, 0.1) is 5.54 Å². The third-order valence-corrected chi connectivity index (χ3v) is 3.52. The Bertz CT molecular complexity index is 371. The van der Waals surface area contributed by atoms with Gasteiger partial charge in [0.25, 0.3) is 5.92 Å². The van der Waals surface area contributed by atoms with Crippen molar-refractivity contribution in [1.29, 1.82) is 0 Å². The monoisotopic (exact) mass is 229 g/mol. The topological polar surface area (TPSA) is 26.0 Å². The molecular weight excluding hydrogens is 216 g/mol. The Labute approximate surface area is 92.0 Å². The standard InChI is InChI=1S/C11H13F2NS/c1-15-9-4-2-3-8(5-9)10(14)6-11(12,13)7-10/h2-5H,6-7,14H2,1H3. The van der Waals surface area contributed by atoms with E-state index < -0.39 is 11.5 Å². The summed E-state index contributed by atoms with van der Waals surface area (Å²) < 4.78 is 25.6. The molecule has 0 heterocycles. The molecule has 1 aromatic rings. The molecule has 1 aliphatic carbocycles. The summed E-state index contributed by atoms with van der Waals surface area (Å²) in [6.07, 6.45) is 1.48. The van der Waals surface area contributed by atoms with Gasteiger partial charge in [-0.05, 0) is 24.0 Å². The number of hydrogen-bond acceptors (Lipinski definition) is 2. The molecule has 0 spiro atoms. The van der Waals surface area contributed by atoms with Gasteiger partial charge >= 0.3 is 0 Å². The van der Waals surface area contributed by atoms with Gasteiger partial charge in [0.15, 0.2) is 0 Å². The predicted molar refractivity (Wildman–Crippen MR) is 58.3 cm³/mol. The normalized spacial score (nSPS) is 22.1. The zero-order valence-corrected chi connectivity index (χ0v) is 9.28. The molecule has 1 fully saturated rings. The van der Waals surface area contributed by atoms with Crippen molar-refractivity contribution in [1.82, 2.24) is 0 Å². The third kappa shape index (κ3) is 2.01. The Hall–Kier alpha value is -0.610. The van der Waals surface area contributed by atoms with E-state index in [1.165, 1.54) is 0 Å². The van der Waals surface area contributed by atoms with Crippen molar-refractivity contribution in [3.63, 3.8) is 0 Å². The molecule has 0 saturated heterocycles. The van der Waals surface area contributed by atoms with Gasteiger partial charge < -0.3 is 5.73 Å². The first-order chi connectivity index (χ1) is 6.95. The minimum atomic E-state index is -2.58. The molecule has 82 valence electrons. The zero-order chi connectivity index (χ0) is 11.1. The van der Waals surface area contributed by atoms with Crippen LogP contribution in [0.3, 0.4) is 0 Å². The van der Waals surface area contributed by atoms with Crippen LogP contribution in [0.5, 0.6) is 0 Å². The minimum Gasteiger partial charge on any atom is -0.321 e. The van der Waals surface area contributed by atoms with Crippen molar-refractivity contribution in [3.8, 4) is 0 Å². The average Bonchev–Trinajstić information content (AvgIpc) is 2.15. The Kier molecular flexibility index (Phi) is 2.51. The van der Waals surface area contributed by atoms with E-state index in [-0.39, 0.29) is 12.8 Å². The largest absolute Gasteiger partial charge is 0.321 e. The highest BCUT2D eigenvalue weighted by molar-refractivity contribution is 7.98. The second-order valence-corrected chi connectivity index (χ2v) is 4.98. The van der Waals surface area contributed by atoms with Crippen molar-refractivity contribution in [3.05, 3.63) is 29.8 Å². The van der Waals surface area contributed by atoms with Gasteiger partial charge in [-0.25, -0.2) is 8.78 Å². The van der Waals surface area contributed by atoms with Crippen LogP contribution in [0.2, 0.25) is 0 Å². The number of nitrogens with two attached hydrogens (primary N) is 1. The Morgan fingerprint density at radius 1 is 1.33 bits per heavy atom. The van der Waals surface area contributed by atoms with E-state index in [2.05, 4.69) is 0 Å². The van der Waals surface area contributed by atoms with Gasteiger partial charge in [0.2, 0.25) is 0 Å². The summed E-state index contributed by atoms with van der Waals surface area (Å²) in [7, 11) is 0. The van der Waals surface area contributed by atoms with Crippen LogP contribution < -0.4 is 5.73 Å². The fourth-order valence-corrected chi connectivity index (χ4v) is 2.47. The minimum absolute atomic E-state index is 0.238. The second kappa shape index (κ2) is 3.46. The highest BCUT2D eigenvalue weighted by Gasteiger charge is 2.55. The van der Waals surface area contributed by atoms with Crippen molar-refractivity contribution < 1.29 is 8.78 Å². The Morgan fingerprint density at radius 2 is 2.00 bits per heavy atom. The number of benzene rings is 1. The lowest BCUT2D eigenvalue weighted by Crippen LogP contribution is -2.55. The molecular formula is C11H13F2NS. The molecule has 0 atom stereocenters. The average molecular weight is 229 g/mol. The summed E-state index contributed by atoms with van der Waals surface area (Å²) in [4.78, 5) is 1.06. The molecule has 1 nitrogen and oxygen atoms in total. The van der Waals surface area contributed by atoms with Gasteiger partial charge in [-0.2, -0.15) is 0 Å². The zero-order valence-electron chi connectivity index (χ0n) is 8.47. The third-order valence-electron chi connectivity index (χ3n) is 2.79. The SMILES string of the molecule is CSc1cccc(C2(N)CC(F)(F)C2)c1. The van der Waals surface area contributed by atoms with E-state index in [1.54, 1.807) is 11.8 Å². The summed E-state index contributed by atoms with van der Waals surface area (Å²) in [5, 5.41) is 0. The van der Waals surface area contributed by atoms with E-state index in [1.807, 2.05) is 30.5 Å². The summed E-state index contributed by atoms with van der Waals surface area (Å²) in [6, 6.07) is 7.55. The molecule has 0 unspecified atom stereocenters. The van der Waals surface area contributed by atoms with Gasteiger partial charge in [0, 0.05) is 17.7 Å². The first-order valence-corrected chi connectivity index (χ1v) is 5.99. The van der Waals surface area contributed by atoms with Crippen molar-refractivity contribution in [2.45, 2.75) is 29.2 Å². The molecule has 0 aromatic heterocycles. The lowest BCUT2D eigenvalue weighted by atomic mass is 9.70. The molecule has 0 bridgehead atoms. The number of rotatable bonds is 2. The van der Waals surface area contributed by atoms with E-state index in [9.17, 15) is 8.78 Å². The van der Waals surface area contributed by atoms with E-state index in [0.29, 0.717) is 0 Å². The van der Waals surface area contributed by atoms with Gasteiger partial charge in [-0.1, -0.05) is 12.1 Å². The number of thioether (sulfide) groups is 1. The predicted octanol–water partition coefficient (Wildman–Crippen LogP) is 2.99. The molecule has 1 aromatic carbocycles. The molecule has 0 aliphatic heterocycles. The lowest BCUT2D eigenvalue weighted by molar-refractivity contribution is -0.125. The van der Waals surface area contributed by atoms with Crippen molar-refractivity contribution in [2.75, 3.05) is 6.26 Å². The lowest BCUT2D eigenvalue weighted by Gasteiger charge is -2.45. The summed E-state index contributed by atoms with van der Waals surface area (Å²) in [5.41, 5.74) is 5.93. The molecule has 2 rings (SSSR count). The maximum atomic E-state index is 12.8. The van der Waals surface area contributed by atoms with Crippen LogP contribution in [0, 0.1) is 0 Å². The van der Waals surface area contributed by atoms with Crippen LogP contribution >= 0.6 is 11.8 Å². The number of hydrogen-bond donors (Lipinski definition) is 1. The Morgan fingerprint density at radius 3 is 2.53 bits per heavy atom. The van der Waals surface area contributed by atoms with E-state index in [4.69, 9.17) is 5.73 Å². The smallest absolute Gasteiger partial charge is 0.252 e. The van der Waals surface area contributed by atoms with Crippen LogP contribution in [0.1, 0.15) is 18.4 Å². The highest BCUT2D eigenvalue weighted by Crippen LogP contribution is 2.50. The molecule has 1 saturated carbocycles. The fraction of sp³-hybridized carbons (Fsp3) is 0.455. The quantitative estimate of drug-likeness (QED) is 0.789. The summed E-state index contributed by atoms with van der Waals surface area (Å²) >= 11 is 1.59. The molecule has 4 heteroatoms. The summed E-state index contributed by atoms with van der Waals surface area (Å²) in [5.74, 6) is -2.58. The van der Waals surface area contributed by atoms with Gasteiger partial charge in [0.1, 0.15) is 0 Å².